The lowest BCUT2D eigenvalue weighted by Crippen LogP contribution is -2.54. The van der Waals surface area contributed by atoms with Gasteiger partial charge in [0.1, 0.15) is 6.61 Å². The van der Waals surface area contributed by atoms with Gasteiger partial charge in [-0.25, -0.2) is 0 Å². The van der Waals surface area contributed by atoms with Crippen LogP contribution in [0.3, 0.4) is 0 Å². The molecule has 2 nitrogen and oxygen atoms in total. The van der Waals surface area contributed by atoms with E-state index >= 15 is 0 Å². The van der Waals surface area contributed by atoms with Crippen LogP contribution in [0.4, 0.5) is 13.2 Å². The Morgan fingerprint density at radius 2 is 1.39 bits per heavy atom. The van der Waals surface area contributed by atoms with Crippen molar-refractivity contribution in [2.75, 3.05) is 19.7 Å². The molecule has 0 N–H and O–H groups in total. The summed E-state index contributed by atoms with van der Waals surface area (Å²) in [6, 6.07) is 20.0. The lowest BCUT2D eigenvalue weighted by molar-refractivity contribution is -0.200. The summed E-state index contributed by atoms with van der Waals surface area (Å²) in [5.74, 6) is 0. The van der Waals surface area contributed by atoms with Crippen LogP contribution in [0.25, 0.3) is 0 Å². The largest absolute Gasteiger partial charge is 0.411 e. The van der Waals surface area contributed by atoms with Gasteiger partial charge in [0.25, 0.3) is 0 Å². The van der Waals surface area contributed by atoms with Crippen molar-refractivity contribution in [2.24, 2.45) is 0 Å². The first-order valence-corrected chi connectivity index (χ1v) is 7.55. The van der Waals surface area contributed by atoms with E-state index in [1.165, 1.54) is 0 Å². The minimum atomic E-state index is -4.27. The number of nitrogens with zero attached hydrogens (tertiary/aromatic N) is 1. The Morgan fingerprint density at radius 3 is 1.83 bits per heavy atom. The zero-order chi connectivity index (χ0) is 16.3. The SMILES string of the molecule is FC(F)(F)COC1CN(C(c2ccccc2)c2ccccc2)C1. The molecule has 0 saturated carbocycles. The highest BCUT2D eigenvalue weighted by atomic mass is 19.4. The number of ether oxygens (including phenoxy) is 1. The molecular formula is C18H18F3NO. The Morgan fingerprint density at radius 1 is 0.913 bits per heavy atom. The fourth-order valence-electron chi connectivity index (χ4n) is 2.88. The van der Waals surface area contributed by atoms with Gasteiger partial charge in [-0.2, -0.15) is 13.2 Å². The average Bonchev–Trinajstić information content (AvgIpc) is 2.50. The third kappa shape index (κ3) is 4.12. The molecule has 122 valence electrons. The van der Waals surface area contributed by atoms with Crippen LogP contribution < -0.4 is 0 Å². The van der Waals surface area contributed by atoms with E-state index < -0.39 is 12.8 Å². The van der Waals surface area contributed by atoms with Gasteiger partial charge in [0.05, 0.1) is 12.1 Å². The highest BCUT2D eigenvalue weighted by Crippen LogP contribution is 2.33. The van der Waals surface area contributed by atoms with Crippen molar-refractivity contribution in [3.05, 3.63) is 71.8 Å². The van der Waals surface area contributed by atoms with Crippen molar-refractivity contribution >= 4 is 0 Å². The third-order valence-corrected chi connectivity index (χ3v) is 3.95. The van der Waals surface area contributed by atoms with E-state index in [1.807, 2.05) is 60.7 Å². The molecule has 2 aromatic rings. The zero-order valence-corrected chi connectivity index (χ0v) is 12.5. The predicted octanol–water partition coefficient (Wildman–Crippen LogP) is 4.04. The number of hydrogen-bond donors (Lipinski definition) is 0. The van der Waals surface area contributed by atoms with E-state index in [0.29, 0.717) is 13.1 Å². The molecule has 0 spiro atoms. The molecule has 0 radical (unpaired) electrons. The zero-order valence-electron chi connectivity index (χ0n) is 12.5. The van der Waals surface area contributed by atoms with Gasteiger partial charge in [0.2, 0.25) is 0 Å². The summed E-state index contributed by atoms with van der Waals surface area (Å²) in [5, 5.41) is 0. The summed E-state index contributed by atoms with van der Waals surface area (Å²) in [4.78, 5) is 2.14. The van der Waals surface area contributed by atoms with E-state index in [1.54, 1.807) is 0 Å². The average molecular weight is 321 g/mol. The number of rotatable bonds is 5. The van der Waals surface area contributed by atoms with Crippen LogP contribution in [0.5, 0.6) is 0 Å². The van der Waals surface area contributed by atoms with Crippen LogP contribution in [0.1, 0.15) is 17.2 Å². The molecule has 0 amide bonds. The van der Waals surface area contributed by atoms with Crippen LogP contribution in [-0.2, 0) is 4.74 Å². The monoisotopic (exact) mass is 321 g/mol. The maximum absolute atomic E-state index is 12.2. The van der Waals surface area contributed by atoms with E-state index in [2.05, 4.69) is 4.90 Å². The lowest BCUT2D eigenvalue weighted by Gasteiger charge is -2.44. The summed E-state index contributed by atoms with van der Waals surface area (Å²) >= 11 is 0. The lowest BCUT2D eigenvalue weighted by atomic mass is 9.94. The number of alkyl halides is 3. The molecule has 0 aromatic heterocycles. The maximum Gasteiger partial charge on any atom is 0.411 e. The Hall–Kier alpha value is -1.85. The summed E-state index contributed by atoms with van der Waals surface area (Å²) < 4.78 is 41.6. The van der Waals surface area contributed by atoms with E-state index in [-0.39, 0.29) is 12.1 Å². The molecule has 0 bridgehead atoms. The minimum Gasteiger partial charge on any atom is -0.366 e. The molecule has 2 aromatic carbocycles. The number of likely N-dealkylation sites (tertiary alicyclic amines) is 1. The van der Waals surface area contributed by atoms with Crippen molar-refractivity contribution in [3.8, 4) is 0 Å². The summed E-state index contributed by atoms with van der Waals surface area (Å²) in [7, 11) is 0. The van der Waals surface area contributed by atoms with Gasteiger partial charge >= 0.3 is 6.18 Å². The molecule has 0 aliphatic carbocycles. The van der Waals surface area contributed by atoms with E-state index in [4.69, 9.17) is 4.74 Å². The Bertz CT molecular complexity index is 570. The minimum absolute atomic E-state index is 0.0446. The van der Waals surface area contributed by atoms with Crippen LogP contribution in [0.15, 0.2) is 60.7 Å². The molecule has 1 fully saturated rings. The summed E-state index contributed by atoms with van der Waals surface area (Å²) in [6.45, 7) is -0.165. The second-order valence-corrected chi connectivity index (χ2v) is 5.73. The van der Waals surface area contributed by atoms with Crippen LogP contribution >= 0.6 is 0 Å². The summed E-state index contributed by atoms with van der Waals surface area (Å²) in [5.41, 5.74) is 2.26. The van der Waals surface area contributed by atoms with Crippen molar-refractivity contribution in [2.45, 2.75) is 18.3 Å². The van der Waals surface area contributed by atoms with Gasteiger partial charge in [-0.05, 0) is 11.1 Å². The normalized spacial score (nSPS) is 16.5. The molecule has 23 heavy (non-hydrogen) atoms. The predicted molar refractivity (Wildman–Crippen MR) is 82.1 cm³/mol. The van der Waals surface area contributed by atoms with Gasteiger partial charge in [0.15, 0.2) is 0 Å². The topological polar surface area (TPSA) is 12.5 Å². The van der Waals surface area contributed by atoms with Gasteiger partial charge in [-0.15, -0.1) is 0 Å². The standard InChI is InChI=1S/C18H18F3NO/c19-18(20,21)13-23-16-11-22(12-16)17(14-7-3-1-4-8-14)15-9-5-2-6-10-15/h1-10,16-17H,11-13H2. The molecule has 1 saturated heterocycles. The second kappa shape index (κ2) is 6.72. The first-order valence-electron chi connectivity index (χ1n) is 7.55. The number of halogens is 3. The van der Waals surface area contributed by atoms with Crippen molar-refractivity contribution in [1.29, 1.82) is 0 Å². The molecule has 0 atom stereocenters. The first-order chi connectivity index (χ1) is 11.0. The first kappa shape index (κ1) is 16.0. The van der Waals surface area contributed by atoms with Crippen molar-refractivity contribution in [3.63, 3.8) is 0 Å². The van der Waals surface area contributed by atoms with Crippen LogP contribution in [0.2, 0.25) is 0 Å². The van der Waals surface area contributed by atoms with Crippen LogP contribution in [0, 0.1) is 0 Å². The maximum atomic E-state index is 12.2. The smallest absolute Gasteiger partial charge is 0.366 e. The second-order valence-electron chi connectivity index (χ2n) is 5.73. The van der Waals surface area contributed by atoms with Gasteiger partial charge in [-0.1, -0.05) is 60.7 Å². The molecule has 5 heteroatoms. The fourth-order valence-corrected chi connectivity index (χ4v) is 2.88. The highest BCUT2D eigenvalue weighted by molar-refractivity contribution is 5.32. The fraction of sp³-hybridized carbons (Fsp3) is 0.333. The molecule has 0 unspecified atom stereocenters. The number of benzene rings is 2. The van der Waals surface area contributed by atoms with Gasteiger partial charge in [0, 0.05) is 13.1 Å². The highest BCUT2D eigenvalue weighted by Gasteiger charge is 2.37. The van der Waals surface area contributed by atoms with Gasteiger partial charge < -0.3 is 4.74 Å². The molecule has 3 rings (SSSR count). The molecule has 1 heterocycles. The van der Waals surface area contributed by atoms with E-state index in [9.17, 15) is 13.2 Å². The molecule has 1 aliphatic heterocycles. The number of hydrogen-bond acceptors (Lipinski definition) is 2. The Balaban J connectivity index is 1.70. The molecular weight excluding hydrogens is 303 g/mol. The van der Waals surface area contributed by atoms with Gasteiger partial charge in [-0.3, -0.25) is 4.90 Å². The quantitative estimate of drug-likeness (QED) is 0.824. The van der Waals surface area contributed by atoms with E-state index in [0.717, 1.165) is 11.1 Å². The molecule has 1 aliphatic rings. The summed E-state index contributed by atoms with van der Waals surface area (Å²) in [6.07, 6.45) is -4.62. The van der Waals surface area contributed by atoms with Crippen molar-refractivity contribution in [1.82, 2.24) is 4.90 Å². The Labute approximate surface area is 133 Å². The Kier molecular flexibility index (Phi) is 4.68. The third-order valence-electron chi connectivity index (χ3n) is 3.95. The van der Waals surface area contributed by atoms with Crippen LogP contribution in [-0.4, -0.2) is 36.9 Å². The van der Waals surface area contributed by atoms with Crippen molar-refractivity contribution < 1.29 is 17.9 Å².